The van der Waals surface area contributed by atoms with Crippen LogP contribution in [-0.4, -0.2) is 0 Å². The summed E-state index contributed by atoms with van der Waals surface area (Å²) in [6.07, 6.45) is 12.0. The normalized spacial score (nSPS) is 11.7. The van der Waals surface area contributed by atoms with Crippen molar-refractivity contribution < 1.29 is 55.8 Å². The Kier molecular flexibility index (Phi) is 10.8. The second kappa shape index (κ2) is 11.1. The second-order valence-electron chi connectivity index (χ2n) is 4.35. The minimum Gasteiger partial charge on any atom is -1.00 e. The zero-order chi connectivity index (χ0) is 12.9. The van der Waals surface area contributed by atoms with Crippen LogP contribution in [0, 0.1) is 6.08 Å². The molecule has 1 aliphatic rings. The van der Waals surface area contributed by atoms with Gasteiger partial charge in [-0.1, -0.05) is 6.07 Å². The standard InChI is InChI=1S/C12H9NP.C5H5.2ClH.Zr/c1-2-5-11-9-12(8-10(11)4-1)14-7-3-6-13-14;1-2-4-5-3-1;;;/h1-9H;1-3H,4H2;2*1H;/q2*-1;;;+4/p-1. The van der Waals surface area contributed by atoms with Gasteiger partial charge in [0, 0.05) is 11.9 Å². The van der Waals surface area contributed by atoms with Gasteiger partial charge in [0.05, 0.1) is 0 Å². The number of nitrogens with one attached hydrogen (secondary N) is 1. The number of aromatic nitrogens is 1. The molecule has 3 aromatic rings. The van der Waals surface area contributed by atoms with E-state index >= 15 is 0 Å². The van der Waals surface area contributed by atoms with Gasteiger partial charge >= 0.3 is 26.2 Å². The Morgan fingerprint density at radius 1 is 1.14 bits per heavy atom. The van der Waals surface area contributed by atoms with E-state index in [4.69, 9.17) is 0 Å². The Morgan fingerprint density at radius 3 is 2.50 bits per heavy atom. The third-order valence-electron chi connectivity index (χ3n) is 3.01. The Morgan fingerprint density at radius 2 is 1.95 bits per heavy atom. The number of allylic oxidation sites excluding steroid dienone is 4. The molecular weight excluding hydrogens is 411 g/mol. The van der Waals surface area contributed by atoms with Gasteiger partial charge in [0.1, 0.15) is 7.69 Å². The van der Waals surface area contributed by atoms with Gasteiger partial charge in [0.2, 0.25) is 0 Å². The molecule has 1 heterocycles. The predicted molar refractivity (Wildman–Crippen MR) is 81.7 cm³/mol. The Hall–Kier alpha value is -0.517. The van der Waals surface area contributed by atoms with Crippen molar-refractivity contribution in [2.75, 3.05) is 0 Å². The van der Waals surface area contributed by atoms with Crippen molar-refractivity contribution in [1.29, 1.82) is 0 Å². The summed E-state index contributed by atoms with van der Waals surface area (Å²) in [5.41, 5.74) is 0. The molecule has 1 unspecified atom stereocenters. The van der Waals surface area contributed by atoms with Crippen molar-refractivity contribution in [1.82, 2.24) is 0 Å². The third kappa shape index (κ3) is 5.60. The molecule has 0 amide bonds. The van der Waals surface area contributed by atoms with Crippen molar-refractivity contribution in [2.45, 2.75) is 6.42 Å². The summed E-state index contributed by atoms with van der Waals surface area (Å²) in [6.45, 7) is 0. The molecule has 1 nitrogen and oxygen atoms in total. The van der Waals surface area contributed by atoms with E-state index in [0.717, 1.165) is 6.42 Å². The summed E-state index contributed by atoms with van der Waals surface area (Å²) >= 11 is 0. The number of H-pyrrole nitrogens is 1. The molecule has 2 aromatic carbocycles. The molecule has 0 saturated heterocycles. The van der Waals surface area contributed by atoms with E-state index in [1.54, 1.807) is 0 Å². The number of halogens is 2. The van der Waals surface area contributed by atoms with Crippen LogP contribution in [0.15, 0.2) is 72.7 Å². The van der Waals surface area contributed by atoms with Crippen LogP contribution < -0.4 is 29.6 Å². The smallest absolute Gasteiger partial charge is 1.00 e. The molecule has 5 heteroatoms. The van der Waals surface area contributed by atoms with Crippen LogP contribution in [0.3, 0.4) is 0 Å². The number of hydrogen-bond donors (Lipinski definition) is 0. The molecule has 1 aromatic heterocycles. The molecule has 1 aliphatic carbocycles. The maximum absolute atomic E-state index is 3.36. The van der Waals surface area contributed by atoms with E-state index in [-0.39, 0.29) is 58.7 Å². The van der Waals surface area contributed by atoms with Crippen LogP contribution in [-0.2, 0) is 26.2 Å². The zero-order valence-electron chi connectivity index (χ0n) is 11.8. The molecule has 110 valence electrons. The first-order chi connectivity index (χ1) is 9.43. The molecule has 4 rings (SSSR count). The summed E-state index contributed by atoms with van der Waals surface area (Å²) in [5, 5.41) is 4.09. The van der Waals surface area contributed by atoms with Crippen LogP contribution >= 0.6 is 7.69 Å². The first-order valence-electron chi connectivity index (χ1n) is 6.36. The minimum absolute atomic E-state index is 0. The molecule has 0 aliphatic heterocycles. The minimum atomic E-state index is -0.273. The fraction of sp³-hybridized carbons (Fsp3) is 0.0588. The monoisotopic (exact) mass is 424 g/mol. The van der Waals surface area contributed by atoms with E-state index in [1.165, 1.54) is 16.1 Å². The number of fused-ring (bicyclic) bond motifs is 1. The second-order valence-corrected chi connectivity index (χ2v) is 6.17. The van der Waals surface area contributed by atoms with E-state index in [0.29, 0.717) is 0 Å². The average Bonchev–Trinajstić information content (AvgIpc) is 3.20. The quantitative estimate of drug-likeness (QED) is 0.428. The van der Waals surface area contributed by atoms with Gasteiger partial charge < -0.3 is 24.8 Å². The summed E-state index contributed by atoms with van der Waals surface area (Å²) in [4.78, 5) is 0. The number of hydrogen-bond acceptors (Lipinski definition) is 0. The SMILES string of the molecule is [C-]1=CC=CC1.[Cl-].[Cl-].[Zr+4].c1ccc2[cH-]c(-p3ccc[nH+]3)cc2c1. The maximum atomic E-state index is 3.36. The average molecular weight is 426 g/mol. The van der Waals surface area contributed by atoms with Crippen LogP contribution in [0.1, 0.15) is 6.42 Å². The molecule has 1 N–H and O–H groups in total. The van der Waals surface area contributed by atoms with Gasteiger partial charge in [0.25, 0.3) is 0 Å². The Bertz CT molecular complexity index is 674. The number of aromatic amines is 1. The topological polar surface area (TPSA) is 14.1 Å². The van der Waals surface area contributed by atoms with Gasteiger partial charge in [-0.05, 0) is 5.30 Å². The maximum Gasteiger partial charge on any atom is 4.00 e. The van der Waals surface area contributed by atoms with Crippen LogP contribution in [0.4, 0.5) is 0 Å². The molecule has 0 bridgehead atoms. The van der Waals surface area contributed by atoms with Gasteiger partial charge in [-0.3, -0.25) is 6.08 Å². The Labute approximate surface area is 164 Å². The van der Waals surface area contributed by atoms with Crippen molar-refractivity contribution in [3.05, 3.63) is 78.8 Å². The fourth-order valence-electron chi connectivity index (χ4n) is 2.07. The van der Waals surface area contributed by atoms with E-state index in [2.05, 4.69) is 65.2 Å². The third-order valence-corrected chi connectivity index (χ3v) is 4.72. The van der Waals surface area contributed by atoms with E-state index < -0.39 is 0 Å². The molecule has 0 saturated carbocycles. The molecule has 22 heavy (non-hydrogen) atoms. The Balaban J connectivity index is 0.000000482. The fourth-order valence-corrected chi connectivity index (χ4v) is 3.54. The van der Waals surface area contributed by atoms with E-state index in [1.807, 2.05) is 18.3 Å². The van der Waals surface area contributed by atoms with Gasteiger partial charge in [-0.25, -0.2) is 16.9 Å². The van der Waals surface area contributed by atoms with Gasteiger partial charge in [-0.2, -0.15) is 12.1 Å². The summed E-state index contributed by atoms with van der Waals surface area (Å²) in [6, 6.07) is 15.1. The number of benzene rings is 1. The molecular formula is C17H15Cl2NPZr+. The van der Waals surface area contributed by atoms with Crippen LogP contribution in [0.2, 0.25) is 0 Å². The van der Waals surface area contributed by atoms with Crippen LogP contribution in [0.25, 0.3) is 16.1 Å². The largest absolute Gasteiger partial charge is 4.00 e. The van der Waals surface area contributed by atoms with Crippen molar-refractivity contribution >= 4 is 18.5 Å². The molecule has 1 atom stereocenters. The van der Waals surface area contributed by atoms with Gasteiger partial charge in [0.15, 0.2) is 6.20 Å². The summed E-state index contributed by atoms with van der Waals surface area (Å²) in [5.74, 6) is 2.24. The van der Waals surface area contributed by atoms with Crippen molar-refractivity contribution in [3.8, 4) is 5.30 Å². The van der Waals surface area contributed by atoms with E-state index in [9.17, 15) is 0 Å². The van der Waals surface area contributed by atoms with Crippen LogP contribution in [0.5, 0.6) is 0 Å². The van der Waals surface area contributed by atoms with Crippen molar-refractivity contribution in [3.63, 3.8) is 0 Å². The summed E-state index contributed by atoms with van der Waals surface area (Å²) < 4.78 is 3.36. The zero-order valence-corrected chi connectivity index (χ0v) is 16.7. The first-order valence-corrected chi connectivity index (χ1v) is 7.77. The van der Waals surface area contributed by atoms with Gasteiger partial charge in [-0.15, -0.1) is 41.5 Å². The molecule has 0 fully saturated rings. The summed E-state index contributed by atoms with van der Waals surface area (Å²) in [7, 11) is -0.273. The van der Waals surface area contributed by atoms with Crippen molar-refractivity contribution in [2.24, 2.45) is 0 Å². The molecule has 0 spiro atoms. The molecule has 0 radical (unpaired) electrons. The predicted octanol–water partition coefficient (Wildman–Crippen LogP) is -1.34. The first kappa shape index (κ1) is 21.5. The number of rotatable bonds is 1.